The smallest absolute Gasteiger partial charge is 0.283 e. The molecule has 1 N–H and O–H groups in total. The van der Waals surface area contributed by atoms with Crippen LogP contribution >= 0.6 is 11.8 Å². The Morgan fingerprint density at radius 2 is 1.97 bits per heavy atom. The third-order valence-electron chi connectivity index (χ3n) is 5.15. The van der Waals surface area contributed by atoms with Crippen molar-refractivity contribution in [3.8, 4) is 5.69 Å². The molecule has 7 heteroatoms. The van der Waals surface area contributed by atoms with Crippen molar-refractivity contribution in [3.05, 3.63) is 59.4 Å². The number of hydrogen-bond donors (Lipinski definition) is 1. The molecular formula is C23H25N5OS. The summed E-state index contributed by atoms with van der Waals surface area (Å²) < 4.78 is 2.01. The lowest BCUT2D eigenvalue weighted by atomic mass is 10.0. The van der Waals surface area contributed by atoms with Crippen molar-refractivity contribution < 1.29 is 4.79 Å². The summed E-state index contributed by atoms with van der Waals surface area (Å²) in [7, 11) is 0. The van der Waals surface area contributed by atoms with Crippen LogP contribution in [0.15, 0.2) is 58.3 Å². The minimum atomic E-state index is -0.395. The fourth-order valence-electron chi connectivity index (χ4n) is 3.38. The zero-order valence-corrected chi connectivity index (χ0v) is 18.2. The van der Waals surface area contributed by atoms with Crippen LogP contribution in [0.25, 0.3) is 11.8 Å². The molecule has 6 nitrogen and oxygen atoms in total. The lowest BCUT2D eigenvalue weighted by molar-refractivity contribution is -0.114. The first-order chi connectivity index (χ1) is 14.5. The van der Waals surface area contributed by atoms with Crippen molar-refractivity contribution in [2.45, 2.75) is 46.0 Å². The Balaban J connectivity index is 1.63. The van der Waals surface area contributed by atoms with E-state index in [4.69, 9.17) is 5.41 Å². The molecule has 0 bridgehead atoms. The molecule has 0 fully saturated rings. The van der Waals surface area contributed by atoms with Gasteiger partial charge in [-0.3, -0.25) is 10.2 Å². The highest BCUT2D eigenvalue weighted by Crippen LogP contribution is 2.30. The second kappa shape index (κ2) is 8.44. The third kappa shape index (κ3) is 3.89. The first-order valence-electron chi connectivity index (χ1n) is 10.2. The van der Waals surface area contributed by atoms with Crippen molar-refractivity contribution >= 4 is 39.8 Å². The quantitative estimate of drug-likeness (QED) is 0.636. The summed E-state index contributed by atoms with van der Waals surface area (Å²) >= 11 is 1.39. The number of amidine groups is 2. The molecule has 2 aliphatic rings. The van der Waals surface area contributed by atoms with E-state index >= 15 is 0 Å². The molecule has 0 unspecified atom stereocenters. The highest BCUT2D eigenvalue weighted by atomic mass is 32.2. The van der Waals surface area contributed by atoms with E-state index in [1.54, 1.807) is 6.08 Å². The summed E-state index contributed by atoms with van der Waals surface area (Å²) in [6.07, 6.45) is 6.62. The molecule has 0 atom stereocenters. The Kier molecular flexibility index (Phi) is 5.72. The highest BCUT2D eigenvalue weighted by Gasteiger charge is 2.35. The van der Waals surface area contributed by atoms with Gasteiger partial charge < -0.3 is 4.57 Å². The third-order valence-corrected chi connectivity index (χ3v) is 6.12. The predicted octanol–water partition coefficient (Wildman–Crippen LogP) is 5.41. The number of thioether (sulfide) groups is 1. The number of carbonyl (C=O) groups is 1. The topological polar surface area (TPSA) is 73.8 Å². The molecule has 30 heavy (non-hydrogen) atoms. The molecule has 4 rings (SSSR count). The van der Waals surface area contributed by atoms with Gasteiger partial charge in [0.2, 0.25) is 5.17 Å². The fraction of sp³-hybridized carbons (Fsp3) is 0.304. The van der Waals surface area contributed by atoms with E-state index in [0.717, 1.165) is 35.7 Å². The monoisotopic (exact) mass is 419 g/mol. The molecule has 154 valence electrons. The lowest BCUT2D eigenvalue weighted by Gasteiger charge is -2.20. The van der Waals surface area contributed by atoms with Crippen LogP contribution in [0.1, 0.15) is 57.2 Å². The summed E-state index contributed by atoms with van der Waals surface area (Å²) in [5.74, 6) is 0.152. The molecule has 1 amide bonds. The van der Waals surface area contributed by atoms with Crippen LogP contribution in [0.4, 0.5) is 0 Å². The number of carbonyl (C=O) groups excluding carboxylic acids is 1. The van der Waals surface area contributed by atoms with E-state index < -0.39 is 5.91 Å². The van der Waals surface area contributed by atoms with Gasteiger partial charge in [-0.1, -0.05) is 39.3 Å². The minimum Gasteiger partial charge on any atom is -0.317 e. The van der Waals surface area contributed by atoms with Crippen LogP contribution < -0.4 is 0 Å². The normalized spacial score (nSPS) is 17.6. The summed E-state index contributed by atoms with van der Waals surface area (Å²) in [6, 6.07) is 12.2. The Labute approximate surface area is 180 Å². The largest absolute Gasteiger partial charge is 0.317 e. The van der Waals surface area contributed by atoms with E-state index in [2.05, 4.69) is 55.1 Å². The summed E-state index contributed by atoms with van der Waals surface area (Å²) in [6.45, 7) is 6.47. The molecule has 0 spiro atoms. The number of aliphatic imine (C=N–C) groups is 1. The lowest BCUT2D eigenvalue weighted by Crippen LogP contribution is -2.35. The first kappa shape index (κ1) is 20.3. The van der Waals surface area contributed by atoms with Gasteiger partial charge in [-0.2, -0.15) is 15.1 Å². The van der Waals surface area contributed by atoms with Crippen molar-refractivity contribution in [3.63, 3.8) is 0 Å². The number of hydrogen-bond acceptors (Lipinski definition) is 4. The molecule has 0 saturated carbocycles. The number of aromatic nitrogens is 1. The molecule has 1 aromatic carbocycles. The zero-order valence-electron chi connectivity index (χ0n) is 17.4. The second-order valence-electron chi connectivity index (χ2n) is 7.67. The molecule has 0 radical (unpaired) electrons. The van der Waals surface area contributed by atoms with Gasteiger partial charge >= 0.3 is 0 Å². The molecule has 2 aliphatic heterocycles. The van der Waals surface area contributed by atoms with Crippen LogP contribution in [0.3, 0.4) is 0 Å². The van der Waals surface area contributed by atoms with Gasteiger partial charge in [-0.15, -0.1) is 0 Å². The maximum atomic E-state index is 12.7. The zero-order chi connectivity index (χ0) is 21.3. The number of nitrogens with zero attached hydrogens (tertiary/aromatic N) is 4. The Bertz CT molecular complexity index is 1080. The molecule has 1 aromatic heterocycles. The van der Waals surface area contributed by atoms with Crippen LogP contribution in [-0.4, -0.2) is 31.5 Å². The number of amides is 1. The van der Waals surface area contributed by atoms with Gasteiger partial charge in [0.05, 0.1) is 5.57 Å². The summed E-state index contributed by atoms with van der Waals surface area (Å²) in [5.41, 5.74) is 3.35. The molecule has 3 heterocycles. The van der Waals surface area contributed by atoms with Crippen LogP contribution in [0.5, 0.6) is 0 Å². The van der Waals surface area contributed by atoms with Crippen molar-refractivity contribution in [1.29, 1.82) is 5.41 Å². The average Bonchev–Trinajstić information content (AvgIpc) is 3.36. The van der Waals surface area contributed by atoms with E-state index in [1.807, 2.05) is 22.9 Å². The van der Waals surface area contributed by atoms with Crippen molar-refractivity contribution in [2.75, 3.05) is 0 Å². The highest BCUT2D eigenvalue weighted by molar-refractivity contribution is 8.26. The summed E-state index contributed by atoms with van der Waals surface area (Å²) in [4.78, 5) is 16.8. The number of benzene rings is 1. The maximum Gasteiger partial charge on any atom is 0.283 e. The van der Waals surface area contributed by atoms with E-state index in [1.165, 1.54) is 22.3 Å². The maximum absolute atomic E-state index is 12.7. The molecule has 0 saturated heterocycles. The van der Waals surface area contributed by atoms with Crippen LogP contribution in [-0.2, 0) is 4.79 Å². The molecule has 2 aromatic rings. The number of unbranched alkanes of at least 4 members (excludes halogenated alkanes) is 1. The minimum absolute atomic E-state index is 0.0758. The Morgan fingerprint density at radius 1 is 1.20 bits per heavy atom. The first-order valence-corrected chi connectivity index (χ1v) is 11.1. The van der Waals surface area contributed by atoms with Crippen LogP contribution in [0.2, 0.25) is 0 Å². The summed E-state index contributed by atoms with van der Waals surface area (Å²) in [5, 5.41) is 15.9. The fourth-order valence-corrected chi connectivity index (χ4v) is 4.30. The SMILES string of the molecule is CCCCC1=NN2C(=N)/C(=C/c3cccn3-c3ccc(C(C)C)cc3)C(=O)N=C2S1. The van der Waals surface area contributed by atoms with Crippen LogP contribution in [0, 0.1) is 5.41 Å². The second-order valence-corrected chi connectivity index (χ2v) is 8.71. The molecular weight excluding hydrogens is 394 g/mol. The van der Waals surface area contributed by atoms with Gasteiger partial charge in [0.15, 0.2) is 5.84 Å². The van der Waals surface area contributed by atoms with Gasteiger partial charge in [0, 0.05) is 17.6 Å². The average molecular weight is 420 g/mol. The number of hydrazone groups is 1. The van der Waals surface area contributed by atoms with Gasteiger partial charge in [0.1, 0.15) is 5.04 Å². The Hall–Kier alpha value is -2.93. The van der Waals surface area contributed by atoms with Gasteiger partial charge in [0.25, 0.3) is 5.91 Å². The number of fused-ring (bicyclic) bond motifs is 1. The standard InChI is InChI=1S/C23H25N5OS/c1-4-5-8-20-26-28-21(24)19(22(29)25-23(28)30-20)14-18-7-6-13-27(18)17-11-9-16(10-12-17)15(2)3/h6-7,9-15,24H,4-5,8H2,1-3H3/b19-14-,24-21?. The number of nitrogens with one attached hydrogen (secondary N) is 1. The molecule has 0 aliphatic carbocycles. The van der Waals surface area contributed by atoms with Gasteiger partial charge in [-0.05, 0) is 66.4 Å². The van der Waals surface area contributed by atoms with Gasteiger partial charge in [-0.25, -0.2) is 0 Å². The Morgan fingerprint density at radius 3 is 2.67 bits per heavy atom. The van der Waals surface area contributed by atoms with Crippen molar-refractivity contribution in [1.82, 2.24) is 9.58 Å². The van der Waals surface area contributed by atoms with E-state index in [-0.39, 0.29) is 11.4 Å². The van der Waals surface area contributed by atoms with Crippen molar-refractivity contribution in [2.24, 2.45) is 10.1 Å². The van der Waals surface area contributed by atoms with E-state index in [9.17, 15) is 4.79 Å². The predicted molar refractivity (Wildman–Crippen MR) is 124 cm³/mol. The number of rotatable bonds is 6. The van der Waals surface area contributed by atoms with E-state index in [0.29, 0.717) is 11.1 Å².